The van der Waals surface area contributed by atoms with Gasteiger partial charge in [-0.15, -0.1) is 12.6 Å². The summed E-state index contributed by atoms with van der Waals surface area (Å²) < 4.78 is 0. The van der Waals surface area contributed by atoms with Crippen LogP contribution in [0.2, 0.25) is 0 Å². The fourth-order valence-corrected chi connectivity index (χ4v) is 0.989. The van der Waals surface area contributed by atoms with E-state index in [0.717, 1.165) is 18.4 Å². The van der Waals surface area contributed by atoms with Gasteiger partial charge in [0.25, 0.3) is 0 Å². The highest BCUT2D eigenvalue weighted by Crippen LogP contribution is 2.06. The van der Waals surface area contributed by atoms with E-state index in [9.17, 15) is 0 Å². The second-order valence-corrected chi connectivity index (χ2v) is 2.85. The Hall–Kier alpha value is -0.480. The Morgan fingerprint density at radius 1 is 1.73 bits per heavy atom. The van der Waals surface area contributed by atoms with Crippen LogP contribution < -0.4 is 5.32 Å². The van der Waals surface area contributed by atoms with Crippen LogP contribution in [0.3, 0.4) is 0 Å². The fourth-order valence-electron chi connectivity index (χ4n) is 0.848. The molecule has 0 amide bonds. The minimum Gasteiger partial charge on any atom is -0.396 e. The number of nitrogens with zero attached hydrogens (tertiary/aromatic N) is 1. The van der Waals surface area contributed by atoms with Gasteiger partial charge in [0.05, 0.1) is 0 Å². The van der Waals surface area contributed by atoms with Crippen LogP contribution in [-0.4, -0.2) is 23.4 Å². The molecule has 0 bridgehead atoms. The number of thiol groups is 1. The number of allylic oxidation sites excluding steroid dienone is 1. The van der Waals surface area contributed by atoms with Crippen molar-refractivity contribution in [3.05, 3.63) is 11.8 Å². The molecule has 1 atom stereocenters. The largest absolute Gasteiger partial charge is 0.396 e. The summed E-state index contributed by atoms with van der Waals surface area (Å²) in [4.78, 5) is 4.04. The van der Waals surface area contributed by atoms with Crippen molar-refractivity contribution in [3.63, 3.8) is 0 Å². The lowest BCUT2D eigenvalue weighted by Gasteiger charge is -2.12. The zero-order valence-corrected chi connectivity index (χ0v) is 7.09. The van der Waals surface area contributed by atoms with Gasteiger partial charge in [-0.1, -0.05) is 0 Å². The maximum atomic E-state index is 8.54. The number of nitrogens with one attached hydrogen (secondary N) is 1. The molecule has 1 aliphatic heterocycles. The molecule has 0 aromatic heterocycles. The van der Waals surface area contributed by atoms with Gasteiger partial charge in [-0.25, -0.2) is 0 Å². The van der Waals surface area contributed by atoms with Crippen LogP contribution in [0, 0.1) is 0 Å². The highest BCUT2D eigenvalue weighted by Gasteiger charge is 2.02. The van der Waals surface area contributed by atoms with E-state index in [1.54, 1.807) is 6.21 Å². The zero-order valence-electron chi connectivity index (χ0n) is 6.20. The molecule has 1 rings (SSSR count). The van der Waals surface area contributed by atoms with Crippen molar-refractivity contribution in [2.45, 2.75) is 18.3 Å². The second kappa shape index (κ2) is 4.41. The first-order valence-electron chi connectivity index (χ1n) is 3.60. The normalized spacial score (nSPS) is 22.7. The molecule has 3 nitrogen and oxygen atoms in total. The lowest BCUT2D eigenvalue weighted by atomic mass is 10.2. The van der Waals surface area contributed by atoms with Gasteiger partial charge in [0.2, 0.25) is 0 Å². The van der Waals surface area contributed by atoms with E-state index in [1.807, 2.05) is 6.20 Å². The average molecular weight is 172 g/mol. The monoisotopic (exact) mass is 172 g/mol. The third kappa shape index (κ3) is 2.95. The SMILES string of the molecule is OCCCC1=CNC(S)N=C1. The Balaban J connectivity index is 2.31. The topological polar surface area (TPSA) is 44.6 Å². The van der Waals surface area contributed by atoms with Gasteiger partial charge in [-0.3, -0.25) is 4.99 Å². The smallest absolute Gasteiger partial charge is 0.163 e. The second-order valence-electron chi connectivity index (χ2n) is 2.36. The Morgan fingerprint density at radius 2 is 2.55 bits per heavy atom. The van der Waals surface area contributed by atoms with Crippen LogP contribution in [0.4, 0.5) is 0 Å². The van der Waals surface area contributed by atoms with E-state index in [0.29, 0.717) is 0 Å². The van der Waals surface area contributed by atoms with Crippen molar-refractivity contribution in [1.29, 1.82) is 0 Å². The van der Waals surface area contributed by atoms with Gasteiger partial charge in [-0.2, -0.15) is 0 Å². The van der Waals surface area contributed by atoms with Gasteiger partial charge in [0.15, 0.2) is 5.50 Å². The van der Waals surface area contributed by atoms with E-state index in [-0.39, 0.29) is 12.1 Å². The van der Waals surface area contributed by atoms with Crippen LogP contribution >= 0.6 is 12.6 Å². The zero-order chi connectivity index (χ0) is 8.10. The molecule has 11 heavy (non-hydrogen) atoms. The number of hydrogen-bond donors (Lipinski definition) is 3. The summed E-state index contributed by atoms with van der Waals surface area (Å²) in [7, 11) is 0. The minimum atomic E-state index is -0.104. The van der Waals surface area contributed by atoms with Crippen molar-refractivity contribution in [3.8, 4) is 0 Å². The van der Waals surface area contributed by atoms with Crippen molar-refractivity contribution < 1.29 is 5.11 Å². The van der Waals surface area contributed by atoms with Crippen LogP contribution in [-0.2, 0) is 0 Å². The van der Waals surface area contributed by atoms with E-state index in [1.165, 1.54) is 0 Å². The molecule has 2 N–H and O–H groups in total. The summed E-state index contributed by atoms with van der Waals surface area (Å²) in [5.74, 6) is 0. The predicted molar refractivity (Wildman–Crippen MR) is 48.8 cm³/mol. The summed E-state index contributed by atoms with van der Waals surface area (Å²) >= 11 is 4.09. The lowest BCUT2D eigenvalue weighted by Crippen LogP contribution is -2.20. The number of rotatable bonds is 3. The Bertz CT molecular complexity index is 179. The first-order valence-corrected chi connectivity index (χ1v) is 4.12. The van der Waals surface area contributed by atoms with Crippen LogP contribution in [0.1, 0.15) is 12.8 Å². The quantitative estimate of drug-likeness (QED) is 0.544. The molecule has 62 valence electrons. The molecule has 1 heterocycles. The molecule has 4 heteroatoms. The molecule has 0 spiro atoms. The first kappa shape index (κ1) is 8.62. The molecule has 0 saturated heterocycles. The standard InChI is InChI=1S/C7H12N2OS/c10-3-1-2-6-4-8-7(11)9-5-6/h4-5,7-8,10-11H,1-3H2. The molecule has 0 radical (unpaired) electrons. The molecule has 0 aliphatic carbocycles. The Morgan fingerprint density at radius 3 is 3.09 bits per heavy atom. The molecule has 1 aliphatic rings. The lowest BCUT2D eigenvalue weighted by molar-refractivity contribution is 0.289. The maximum absolute atomic E-state index is 8.54. The highest BCUT2D eigenvalue weighted by atomic mass is 32.1. The Kier molecular flexibility index (Phi) is 3.45. The van der Waals surface area contributed by atoms with Gasteiger partial charge in [0.1, 0.15) is 0 Å². The summed E-state index contributed by atoms with van der Waals surface area (Å²) in [6, 6.07) is 0. The number of hydrogen-bond acceptors (Lipinski definition) is 4. The molecule has 0 fully saturated rings. The third-order valence-corrected chi connectivity index (χ3v) is 1.71. The van der Waals surface area contributed by atoms with E-state index < -0.39 is 0 Å². The molecule has 1 unspecified atom stereocenters. The average Bonchev–Trinajstić information content (AvgIpc) is 2.04. The fraction of sp³-hybridized carbons (Fsp3) is 0.571. The van der Waals surface area contributed by atoms with Crippen molar-refractivity contribution >= 4 is 18.8 Å². The summed E-state index contributed by atoms with van der Waals surface area (Å²) in [6.07, 6.45) is 5.34. The van der Waals surface area contributed by atoms with E-state index in [2.05, 4.69) is 22.9 Å². The van der Waals surface area contributed by atoms with Gasteiger partial charge < -0.3 is 10.4 Å². The molecular weight excluding hydrogens is 160 g/mol. The maximum Gasteiger partial charge on any atom is 0.163 e. The van der Waals surface area contributed by atoms with E-state index in [4.69, 9.17) is 5.11 Å². The van der Waals surface area contributed by atoms with Gasteiger partial charge in [-0.05, 0) is 18.4 Å². The molecule has 0 aromatic rings. The summed E-state index contributed by atoms with van der Waals surface area (Å²) in [5, 5.41) is 11.5. The summed E-state index contributed by atoms with van der Waals surface area (Å²) in [5.41, 5.74) is 1.01. The van der Waals surface area contributed by atoms with Crippen molar-refractivity contribution in [1.82, 2.24) is 5.32 Å². The van der Waals surface area contributed by atoms with Gasteiger partial charge in [0, 0.05) is 19.0 Å². The number of aliphatic imine (C=N–C) groups is 1. The van der Waals surface area contributed by atoms with Crippen molar-refractivity contribution in [2.24, 2.45) is 4.99 Å². The minimum absolute atomic E-state index is 0.104. The third-order valence-electron chi connectivity index (χ3n) is 1.42. The van der Waals surface area contributed by atoms with Crippen molar-refractivity contribution in [2.75, 3.05) is 6.61 Å². The summed E-state index contributed by atoms with van der Waals surface area (Å²) in [6.45, 7) is 0.232. The van der Waals surface area contributed by atoms with E-state index >= 15 is 0 Å². The number of aliphatic hydroxyl groups is 1. The van der Waals surface area contributed by atoms with Crippen LogP contribution in [0.25, 0.3) is 0 Å². The van der Waals surface area contributed by atoms with Crippen LogP contribution in [0.5, 0.6) is 0 Å². The van der Waals surface area contributed by atoms with Gasteiger partial charge >= 0.3 is 0 Å². The first-order chi connectivity index (χ1) is 5.33. The molecule has 0 aromatic carbocycles. The highest BCUT2D eigenvalue weighted by molar-refractivity contribution is 7.80. The predicted octanol–water partition coefficient (Wildman–Crippen LogP) is 0.530. The Labute approximate surface area is 71.6 Å². The molecular formula is C7H12N2OS. The molecule has 0 saturated carbocycles. The number of aliphatic hydroxyl groups excluding tert-OH is 1. The van der Waals surface area contributed by atoms with Crippen LogP contribution in [0.15, 0.2) is 16.8 Å².